The zero-order valence-corrected chi connectivity index (χ0v) is 14.1. The SMILES string of the molecule is CN(C(=O)c1ccc([C@@H]2CCCOC2)cc1)c1ccc([N+](=O)[O-])cc1. The zero-order valence-electron chi connectivity index (χ0n) is 14.1. The van der Waals surface area contributed by atoms with Crippen LogP contribution in [0.25, 0.3) is 0 Å². The van der Waals surface area contributed by atoms with Gasteiger partial charge in [0.1, 0.15) is 0 Å². The number of nitro benzene ring substituents is 1. The Morgan fingerprint density at radius 3 is 2.40 bits per heavy atom. The molecule has 0 aromatic heterocycles. The molecule has 0 unspecified atom stereocenters. The summed E-state index contributed by atoms with van der Waals surface area (Å²) < 4.78 is 5.51. The van der Waals surface area contributed by atoms with Crippen LogP contribution in [-0.4, -0.2) is 31.1 Å². The van der Waals surface area contributed by atoms with E-state index in [9.17, 15) is 14.9 Å². The van der Waals surface area contributed by atoms with Crippen LogP contribution in [0.15, 0.2) is 48.5 Å². The summed E-state index contributed by atoms with van der Waals surface area (Å²) in [4.78, 5) is 24.4. The summed E-state index contributed by atoms with van der Waals surface area (Å²) in [5, 5.41) is 10.7. The Balaban J connectivity index is 1.72. The fourth-order valence-electron chi connectivity index (χ4n) is 3.01. The number of carbonyl (C=O) groups is 1. The smallest absolute Gasteiger partial charge is 0.269 e. The van der Waals surface area contributed by atoms with Crippen LogP contribution in [0.1, 0.15) is 34.7 Å². The molecule has 2 aromatic rings. The van der Waals surface area contributed by atoms with E-state index in [-0.39, 0.29) is 11.6 Å². The minimum atomic E-state index is -0.459. The molecule has 1 amide bonds. The van der Waals surface area contributed by atoms with Crippen LogP contribution in [-0.2, 0) is 4.74 Å². The summed E-state index contributed by atoms with van der Waals surface area (Å²) >= 11 is 0. The number of anilines is 1. The van der Waals surface area contributed by atoms with Gasteiger partial charge in [0.2, 0.25) is 0 Å². The molecule has 130 valence electrons. The molecule has 0 aliphatic carbocycles. The molecule has 1 aliphatic heterocycles. The summed E-state index contributed by atoms with van der Waals surface area (Å²) in [6.45, 7) is 1.56. The highest BCUT2D eigenvalue weighted by Gasteiger charge is 2.18. The first-order valence-electron chi connectivity index (χ1n) is 8.26. The molecule has 1 saturated heterocycles. The number of carbonyl (C=O) groups excluding carboxylic acids is 1. The van der Waals surface area contributed by atoms with Crippen LogP contribution in [0.2, 0.25) is 0 Å². The fourth-order valence-corrected chi connectivity index (χ4v) is 3.01. The highest BCUT2D eigenvalue weighted by atomic mass is 16.6. The second kappa shape index (κ2) is 7.44. The summed E-state index contributed by atoms with van der Waals surface area (Å²) in [5.41, 5.74) is 2.39. The number of nitro groups is 1. The molecule has 1 atom stereocenters. The molecule has 6 heteroatoms. The Hall–Kier alpha value is -2.73. The lowest BCUT2D eigenvalue weighted by Crippen LogP contribution is -2.26. The number of non-ortho nitro benzene ring substituents is 1. The Morgan fingerprint density at radius 2 is 1.84 bits per heavy atom. The molecular weight excluding hydrogens is 320 g/mol. The molecule has 1 heterocycles. The molecule has 1 aliphatic rings. The van der Waals surface area contributed by atoms with E-state index in [2.05, 4.69) is 0 Å². The Bertz CT molecular complexity index is 750. The molecule has 6 nitrogen and oxygen atoms in total. The van der Waals surface area contributed by atoms with Crippen LogP contribution in [0.3, 0.4) is 0 Å². The van der Waals surface area contributed by atoms with Gasteiger partial charge in [-0.2, -0.15) is 0 Å². The van der Waals surface area contributed by atoms with Crippen molar-refractivity contribution in [1.82, 2.24) is 0 Å². The van der Waals surface area contributed by atoms with Gasteiger partial charge in [-0.05, 0) is 42.7 Å². The maximum Gasteiger partial charge on any atom is 0.269 e. The number of hydrogen-bond acceptors (Lipinski definition) is 4. The van der Waals surface area contributed by atoms with Crippen molar-refractivity contribution in [3.05, 3.63) is 69.8 Å². The van der Waals surface area contributed by atoms with E-state index in [4.69, 9.17) is 4.74 Å². The van der Waals surface area contributed by atoms with Crippen LogP contribution < -0.4 is 4.90 Å². The lowest BCUT2D eigenvalue weighted by molar-refractivity contribution is -0.384. The van der Waals surface area contributed by atoms with Crippen LogP contribution in [0.4, 0.5) is 11.4 Å². The summed E-state index contributed by atoms with van der Waals surface area (Å²) in [7, 11) is 1.66. The van der Waals surface area contributed by atoms with E-state index in [1.807, 2.05) is 24.3 Å². The molecule has 0 bridgehead atoms. The van der Waals surface area contributed by atoms with Gasteiger partial charge in [-0.25, -0.2) is 0 Å². The van der Waals surface area contributed by atoms with Crippen LogP contribution >= 0.6 is 0 Å². The normalized spacial score (nSPS) is 17.1. The minimum Gasteiger partial charge on any atom is -0.381 e. The monoisotopic (exact) mass is 340 g/mol. The van der Waals surface area contributed by atoms with Crippen molar-refractivity contribution in [3.8, 4) is 0 Å². The van der Waals surface area contributed by atoms with Crippen molar-refractivity contribution in [1.29, 1.82) is 0 Å². The van der Waals surface area contributed by atoms with E-state index in [1.54, 1.807) is 19.2 Å². The Kier molecular flexibility index (Phi) is 5.09. The Labute approximate surface area is 146 Å². The maximum atomic E-state index is 12.6. The van der Waals surface area contributed by atoms with Crippen LogP contribution in [0, 0.1) is 10.1 Å². The van der Waals surface area contributed by atoms with Gasteiger partial charge in [0.05, 0.1) is 11.5 Å². The lowest BCUT2D eigenvalue weighted by Gasteiger charge is -2.23. The highest BCUT2D eigenvalue weighted by molar-refractivity contribution is 6.05. The van der Waals surface area contributed by atoms with Crippen molar-refractivity contribution in [2.75, 3.05) is 25.2 Å². The fraction of sp³-hybridized carbons (Fsp3) is 0.316. The van der Waals surface area contributed by atoms with E-state index in [0.29, 0.717) is 17.2 Å². The first-order chi connectivity index (χ1) is 12.1. The zero-order chi connectivity index (χ0) is 17.8. The molecule has 3 rings (SSSR count). The quantitative estimate of drug-likeness (QED) is 0.627. The Morgan fingerprint density at radius 1 is 1.16 bits per heavy atom. The molecule has 0 radical (unpaired) electrons. The number of rotatable bonds is 4. The third-order valence-electron chi connectivity index (χ3n) is 4.54. The third kappa shape index (κ3) is 3.85. The van der Waals surface area contributed by atoms with E-state index in [1.165, 1.54) is 22.6 Å². The predicted molar refractivity (Wildman–Crippen MR) is 95.1 cm³/mol. The number of nitrogens with zero attached hydrogens (tertiary/aromatic N) is 2. The van der Waals surface area contributed by atoms with Gasteiger partial charge in [0.15, 0.2) is 0 Å². The van der Waals surface area contributed by atoms with Crippen molar-refractivity contribution in [3.63, 3.8) is 0 Å². The van der Waals surface area contributed by atoms with Gasteiger partial charge >= 0.3 is 0 Å². The van der Waals surface area contributed by atoms with E-state index < -0.39 is 4.92 Å². The standard InChI is InChI=1S/C19H20N2O4/c1-20(17-8-10-18(11-9-17)21(23)24)19(22)15-6-4-14(5-7-15)16-3-2-12-25-13-16/h4-11,16H,2-3,12-13H2,1H3/t16-/m1/s1. The highest BCUT2D eigenvalue weighted by Crippen LogP contribution is 2.26. The maximum absolute atomic E-state index is 12.6. The molecule has 1 fully saturated rings. The molecule has 25 heavy (non-hydrogen) atoms. The average Bonchev–Trinajstić information content (AvgIpc) is 2.67. The molecule has 2 aromatic carbocycles. The molecule has 0 N–H and O–H groups in total. The van der Waals surface area contributed by atoms with Crippen molar-refractivity contribution >= 4 is 17.3 Å². The molecular formula is C19H20N2O4. The van der Waals surface area contributed by atoms with Gasteiger partial charge in [-0.1, -0.05) is 12.1 Å². The summed E-state index contributed by atoms with van der Waals surface area (Å²) in [5.74, 6) is 0.241. The minimum absolute atomic E-state index is 0.00338. The number of ether oxygens (including phenoxy) is 1. The molecule has 0 saturated carbocycles. The second-order valence-corrected chi connectivity index (χ2v) is 6.17. The first-order valence-corrected chi connectivity index (χ1v) is 8.26. The van der Waals surface area contributed by atoms with Crippen molar-refractivity contribution < 1.29 is 14.5 Å². The van der Waals surface area contributed by atoms with E-state index in [0.717, 1.165) is 26.1 Å². The van der Waals surface area contributed by atoms with Crippen molar-refractivity contribution in [2.45, 2.75) is 18.8 Å². The van der Waals surface area contributed by atoms with Crippen molar-refractivity contribution in [2.24, 2.45) is 0 Å². The molecule has 0 spiro atoms. The first kappa shape index (κ1) is 17.1. The van der Waals surface area contributed by atoms with Gasteiger partial charge in [-0.3, -0.25) is 14.9 Å². The predicted octanol–water partition coefficient (Wildman–Crippen LogP) is 3.77. The van der Waals surface area contributed by atoms with Crippen LogP contribution in [0.5, 0.6) is 0 Å². The topological polar surface area (TPSA) is 72.7 Å². The summed E-state index contributed by atoms with van der Waals surface area (Å²) in [6, 6.07) is 13.6. The lowest BCUT2D eigenvalue weighted by atomic mass is 9.93. The van der Waals surface area contributed by atoms with E-state index >= 15 is 0 Å². The number of hydrogen-bond donors (Lipinski definition) is 0. The van der Waals surface area contributed by atoms with Gasteiger partial charge < -0.3 is 9.64 Å². The van der Waals surface area contributed by atoms with Gasteiger partial charge in [0.25, 0.3) is 11.6 Å². The average molecular weight is 340 g/mol. The summed E-state index contributed by atoms with van der Waals surface area (Å²) in [6.07, 6.45) is 2.17. The largest absolute Gasteiger partial charge is 0.381 e. The van der Waals surface area contributed by atoms with Gasteiger partial charge in [-0.15, -0.1) is 0 Å². The second-order valence-electron chi connectivity index (χ2n) is 6.17. The number of amides is 1. The van der Waals surface area contributed by atoms with Gasteiger partial charge in [0, 0.05) is 43.0 Å². The third-order valence-corrected chi connectivity index (χ3v) is 4.54. The number of benzene rings is 2.